The van der Waals surface area contributed by atoms with Gasteiger partial charge in [0, 0.05) is 30.3 Å². The molecule has 180 valence electrons. The van der Waals surface area contributed by atoms with Crippen molar-refractivity contribution in [3.8, 4) is 5.75 Å². The van der Waals surface area contributed by atoms with Gasteiger partial charge >= 0.3 is 0 Å². The number of hydrogen-bond acceptors (Lipinski definition) is 6. The standard InChI is InChI=1S/C23H27N5O5S/c1-17(2)33-21-9-7-19(8-10-21)27-34(31,32)16-23(30)24-14-18-5-3-6-20(13-18)26-22(29)15-28-12-4-11-25-28/h3-13,17,27H,14-16H2,1-2H3,(H,24,30)(H,26,29). The Kier molecular flexibility index (Phi) is 8.25. The Balaban J connectivity index is 1.48. The first-order valence-electron chi connectivity index (χ1n) is 10.6. The summed E-state index contributed by atoms with van der Waals surface area (Å²) < 4.78 is 34.1. The number of sulfonamides is 1. The fourth-order valence-electron chi connectivity index (χ4n) is 3.01. The number of carbonyl (C=O) groups is 2. The van der Waals surface area contributed by atoms with Crippen LogP contribution >= 0.6 is 0 Å². The lowest BCUT2D eigenvalue weighted by molar-refractivity contribution is -0.119. The minimum absolute atomic E-state index is 0.00489. The molecule has 0 radical (unpaired) electrons. The third kappa shape index (κ3) is 8.24. The first-order chi connectivity index (χ1) is 16.2. The van der Waals surface area contributed by atoms with Crippen molar-refractivity contribution in [1.82, 2.24) is 15.1 Å². The number of nitrogens with zero attached hydrogens (tertiary/aromatic N) is 2. The number of benzene rings is 2. The van der Waals surface area contributed by atoms with E-state index < -0.39 is 21.7 Å². The van der Waals surface area contributed by atoms with Crippen LogP contribution in [0.25, 0.3) is 0 Å². The molecule has 0 aliphatic heterocycles. The predicted octanol–water partition coefficient (Wildman–Crippen LogP) is 2.37. The van der Waals surface area contributed by atoms with Gasteiger partial charge in [0.05, 0.1) is 6.10 Å². The Morgan fingerprint density at radius 1 is 1.03 bits per heavy atom. The minimum Gasteiger partial charge on any atom is -0.491 e. The van der Waals surface area contributed by atoms with E-state index in [0.29, 0.717) is 22.7 Å². The van der Waals surface area contributed by atoms with E-state index in [9.17, 15) is 18.0 Å². The van der Waals surface area contributed by atoms with Crippen molar-refractivity contribution >= 4 is 33.2 Å². The highest BCUT2D eigenvalue weighted by molar-refractivity contribution is 7.93. The normalized spacial score (nSPS) is 11.1. The zero-order chi connectivity index (χ0) is 24.6. The molecule has 0 atom stereocenters. The predicted molar refractivity (Wildman–Crippen MR) is 129 cm³/mol. The molecular weight excluding hydrogens is 458 g/mol. The van der Waals surface area contributed by atoms with Crippen molar-refractivity contribution in [2.24, 2.45) is 0 Å². The second-order valence-corrected chi connectivity index (χ2v) is 9.50. The minimum atomic E-state index is -3.89. The van der Waals surface area contributed by atoms with Crippen molar-refractivity contribution in [2.75, 3.05) is 15.8 Å². The van der Waals surface area contributed by atoms with Gasteiger partial charge in [-0.25, -0.2) is 8.42 Å². The molecule has 2 aromatic carbocycles. The SMILES string of the molecule is CC(C)Oc1ccc(NS(=O)(=O)CC(=O)NCc2cccc(NC(=O)Cn3cccn3)c2)cc1. The molecule has 0 unspecified atom stereocenters. The molecule has 3 rings (SSSR count). The average Bonchev–Trinajstić information content (AvgIpc) is 3.26. The monoisotopic (exact) mass is 485 g/mol. The Hall–Kier alpha value is -3.86. The molecule has 10 nitrogen and oxygen atoms in total. The molecule has 1 heterocycles. The van der Waals surface area contributed by atoms with Crippen molar-refractivity contribution in [3.63, 3.8) is 0 Å². The summed E-state index contributed by atoms with van der Waals surface area (Å²) in [6.07, 6.45) is 3.28. The molecule has 0 fully saturated rings. The summed E-state index contributed by atoms with van der Waals surface area (Å²) in [6.45, 7) is 3.97. The molecule has 2 amide bonds. The average molecular weight is 486 g/mol. The Labute approximate surface area is 198 Å². The summed E-state index contributed by atoms with van der Waals surface area (Å²) >= 11 is 0. The second-order valence-electron chi connectivity index (χ2n) is 7.78. The van der Waals surface area contributed by atoms with Gasteiger partial charge < -0.3 is 15.4 Å². The van der Waals surface area contributed by atoms with Crippen LogP contribution in [0.15, 0.2) is 67.0 Å². The van der Waals surface area contributed by atoms with Gasteiger partial charge in [0.1, 0.15) is 18.0 Å². The number of nitrogens with one attached hydrogen (secondary N) is 3. The van der Waals surface area contributed by atoms with Gasteiger partial charge in [-0.15, -0.1) is 0 Å². The summed E-state index contributed by atoms with van der Waals surface area (Å²) in [7, 11) is -3.89. The molecule has 1 aromatic heterocycles. The van der Waals surface area contributed by atoms with Crippen LogP contribution in [0.4, 0.5) is 11.4 Å². The number of carbonyl (C=O) groups excluding carboxylic acids is 2. The molecular formula is C23H27N5O5S. The first-order valence-corrected chi connectivity index (χ1v) is 12.2. The summed E-state index contributed by atoms with van der Waals surface area (Å²) in [6, 6.07) is 15.1. The summed E-state index contributed by atoms with van der Waals surface area (Å²) in [5, 5.41) is 9.33. The van der Waals surface area contributed by atoms with Crippen LogP contribution < -0.4 is 20.1 Å². The lowest BCUT2D eigenvalue weighted by Crippen LogP contribution is -2.32. The Bertz CT molecular complexity index is 1210. The molecule has 0 bridgehead atoms. The fraction of sp³-hybridized carbons (Fsp3) is 0.261. The van der Waals surface area contributed by atoms with Crippen molar-refractivity contribution in [3.05, 3.63) is 72.6 Å². The topological polar surface area (TPSA) is 131 Å². The summed E-state index contributed by atoms with van der Waals surface area (Å²) in [5.74, 6) is -1.00. The highest BCUT2D eigenvalue weighted by Gasteiger charge is 2.16. The van der Waals surface area contributed by atoms with E-state index in [2.05, 4.69) is 20.5 Å². The molecule has 34 heavy (non-hydrogen) atoms. The van der Waals surface area contributed by atoms with Gasteiger partial charge in [-0.3, -0.25) is 19.0 Å². The van der Waals surface area contributed by atoms with Crippen LogP contribution in [-0.2, 0) is 32.7 Å². The molecule has 3 N–H and O–H groups in total. The lowest BCUT2D eigenvalue weighted by atomic mass is 10.2. The van der Waals surface area contributed by atoms with Gasteiger partial charge in [0.2, 0.25) is 21.8 Å². The third-order valence-corrected chi connectivity index (χ3v) is 5.57. The van der Waals surface area contributed by atoms with E-state index in [1.807, 2.05) is 13.8 Å². The van der Waals surface area contributed by atoms with E-state index in [0.717, 1.165) is 0 Å². The lowest BCUT2D eigenvalue weighted by Gasteiger charge is -2.12. The van der Waals surface area contributed by atoms with Crippen molar-refractivity contribution in [2.45, 2.75) is 33.0 Å². The third-order valence-electron chi connectivity index (χ3n) is 4.39. The van der Waals surface area contributed by atoms with E-state index in [4.69, 9.17) is 4.74 Å². The van der Waals surface area contributed by atoms with Crippen molar-refractivity contribution < 1.29 is 22.7 Å². The van der Waals surface area contributed by atoms with E-state index in [-0.39, 0.29) is 25.1 Å². The Morgan fingerprint density at radius 2 is 1.79 bits per heavy atom. The maximum Gasteiger partial charge on any atom is 0.246 e. The first kappa shape index (κ1) is 24.8. The smallest absolute Gasteiger partial charge is 0.246 e. The van der Waals surface area contributed by atoms with Crippen LogP contribution in [0.5, 0.6) is 5.75 Å². The maximum absolute atomic E-state index is 12.3. The van der Waals surface area contributed by atoms with Gasteiger partial charge in [-0.2, -0.15) is 5.10 Å². The number of amides is 2. The van der Waals surface area contributed by atoms with Gasteiger partial charge in [0.15, 0.2) is 0 Å². The highest BCUT2D eigenvalue weighted by Crippen LogP contribution is 2.18. The number of ether oxygens (including phenoxy) is 1. The van der Waals surface area contributed by atoms with E-state index in [1.54, 1.807) is 67.0 Å². The Morgan fingerprint density at radius 3 is 2.47 bits per heavy atom. The highest BCUT2D eigenvalue weighted by atomic mass is 32.2. The molecule has 0 spiro atoms. The van der Waals surface area contributed by atoms with Gasteiger partial charge in [-0.1, -0.05) is 12.1 Å². The molecule has 11 heteroatoms. The van der Waals surface area contributed by atoms with E-state index in [1.165, 1.54) is 4.68 Å². The maximum atomic E-state index is 12.3. The van der Waals surface area contributed by atoms with E-state index >= 15 is 0 Å². The van der Waals surface area contributed by atoms with Crippen LogP contribution in [0, 0.1) is 0 Å². The van der Waals surface area contributed by atoms with Gasteiger partial charge in [-0.05, 0) is 61.9 Å². The fourth-order valence-corrected chi connectivity index (χ4v) is 4.03. The number of hydrogen-bond donors (Lipinski definition) is 3. The molecule has 0 saturated heterocycles. The number of anilines is 2. The number of rotatable bonds is 11. The van der Waals surface area contributed by atoms with Crippen LogP contribution in [0.1, 0.15) is 19.4 Å². The van der Waals surface area contributed by atoms with Gasteiger partial charge in [0.25, 0.3) is 0 Å². The summed E-state index contributed by atoms with van der Waals surface area (Å²) in [5.41, 5.74) is 1.60. The molecule has 3 aromatic rings. The second kappa shape index (κ2) is 11.3. The zero-order valence-electron chi connectivity index (χ0n) is 18.9. The molecule has 0 aliphatic rings. The quantitative estimate of drug-likeness (QED) is 0.382. The largest absolute Gasteiger partial charge is 0.491 e. The van der Waals surface area contributed by atoms with Crippen LogP contribution in [0.2, 0.25) is 0 Å². The van der Waals surface area contributed by atoms with Crippen LogP contribution in [-0.4, -0.2) is 41.9 Å². The molecule has 0 saturated carbocycles. The zero-order valence-corrected chi connectivity index (χ0v) is 19.7. The number of aromatic nitrogens is 2. The molecule has 0 aliphatic carbocycles. The van der Waals surface area contributed by atoms with Crippen LogP contribution in [0.3, 0.4) is 0 Å². The van der Waals surface area contributed by atoms with Crippen molar-refractivity contribution in [1.29, 1.82) is 0 Å². The summed E-state index contributed by atoms with van der Waals surface area (Å²) in [4.78, 5) is 24.3.